The number of para-hydroxylation sites is 1. The maximum atomic E-state index is 12.9. The van der Waals surface area contributed by atoms with Gasteiger partial charge in [0.15, 0.2) is 0 Å². The molecule has 2 aromatic heterocycles. The van der Waals surface area contributed by atoms with Gasteiger partial charge in [-0.15, -0.1) is 0 Å². The topological polar surface area (TPSA) is 77.0 Å². The predicted molar refractivity (Wildman–Crippen MR) is 110 cm³/mol. The number of aromatic nitrogens is 3. The summed E-state index contributed by atoms with van der Waals surface area (Å²) in [7, 11) is 0. The molecule has 31 heavy (non-hydrogen) atoms. The Morgan fingerprint density at radius 3 is 2.65 bits per heavy atom. The van der Waals surface area contributed by atoms with Crippen molar-refractivity contribution < 1.29 is 22.7 Å². The lowest BCUT2D eigenvalue weighted by Crippen LogP contribution is -2.22. The highest BCUT2D eigenvalue weighted by molar-refractivity contribution is 7.17. The zero-order valence-electron chi connectivity index (χ0n) is 16.4. The summed E-state index contributed by atoms with van der Waals surface area (Å²) in [5, 5.41) is 3.08. The normalized spacial score (nSPS) is 14.9. The average molecular weight is 448 g/mol. The molecule has 0 spiro atoms. The van der Waals surface area contributed by atoms with Gasteiger partial charge in [0.05, 0.1) is 10.8 Å². The van der Waals surface area contributed by atoms with Gasteiger partial charge >= 0.3 is 12.1 Å². The monoisotopic (exact) mass is 448 g/mol. The van der Waals surface area contributed by atoms with Gasteiger partial charge in [-0.05, 0) is 25.0 Å². The zero-order chi connectivity index (χ0) is 21.8. The molecule has 162 valence electrons. The Kier molecular flexibility index (Phi) is 6.17. The van der Waals surface area contributed by atoms with E-state index in [1.54, 1.807) is 30.5 Å². The molecule has 1 saturated carbocycles. The number of hydrogen-bond acceptors (Lipinski definition) is 7. The number of carbonyl (C=O) groups excluding carboxylic acids is 1. The van der Waals surface area contributed by atoms with E-state index < -0.39 is 11.9 Å². The molecule has 1 fully saturated rings. The lowest BCUT2D eigenvalue weighted by atomic mass is 9.89. The summed E-state index contributed by atoms with van der Waals surface area (Å²) in [6.45, 7) is 0. The third kappa shape index (κ3) is 5.19. The summed E-state index contributed by atoms with van der Waals surface area (Å²) in [6.07, 6.45) is 2.93. The first-order valence-corrected chi connectivity index (χ1v) is 10.7. The van der Waals surface area contributed by atoms with Gasteiger partial charge in [-0.3, -0.25) is 4.79 Å². The molecule has 1 aliphatic carbocycles. The molecule has 10 heteroatoms. The molecule has 3 aromatic rings. The van der Waals surface area contributed by atoms with Gasteiger partial charge in [-0.2, -0.15) is 13.2 Å². The third-order valence-corrected chi connectivity index (χ3v) is 5.90. The van der Waals surface area contributed by atoms with Crippen LogP contribution in [0.15, 0.2) is 42.7 Å². The lowest BCUT2D eigenvalue weighted by molar-refractivity contribution is -0.141. The van der Waals surface area contributed by atoms with Crippen LogP contribution in [0.1, 0.15) is 37.8 Å². The van der Waals surface area contributed by atoms with E-state index in [9.17, 15) is 18.0 Å². The maximum absolute atomic E-state index is 12.9. The highest BCUT2D eigenvalue weighted by Gasteiger charge is 2.33. The molecule has 4 rings (SSSR count). The Morgan fingerprint density at radius 2 is 1.87 bits per heavy atom. The Balaban J connectivity index is 1.52. The second kappa shape index (κ2) is 9.01. The third-order valence-electron chi connectivity index (χ3n) is 5.00. The fraction of sp³-hybridized carbons (Fsp3) is 0.333. The van der Waals surface area contributed by atoms with Crippen molar-refractivity contribution in [2.75, 3.05) is 5.32 Å². The fourth-order valence-corrected chi connectivity index (χ4v) is 4.25. The molecule has 0 aliphatic heterocycles. The van der Waals surface area contributed by atoms with Gasteiger partial charge < -0.3 is 10.1 Å². The van der Waals surface area contributed by atoms with Crippen molar-refractivity contribution in [3.63, 3.8) is 0 Å². The molecule has 0 bridgehead atoms. The molecule has 0 unspecified atom stereocenters. The van der Waals surface area contributed by atoms with Crippen molar-refractivity contribution in [2.24, 2.45) is 5.92 Å². The van der Waals surface area contributed by atoms with Gasteiger partial charge in [0.1, 0.15) is 5.69 Å². The number of ether oxygens (including phenoxy) is 1. The summed E-state index contributed by atoms with van der Waals surface area (Å²) in [4.78, 5) is 24.7. The molecule has 0 atom stereocenters. The molecule has 0 amide bonds. The number of alkyl halides is 3. The maximum Gasteiger partial charge on any atom is 0.433 e. The van der Waals surface area contributed by atoms with Crippen LogP contribution in [-0.2, 0) is 11.0 Å². The van der Waals surface area contributed by atoms with Crippen molar-refractivity contribution in [3.05, 3.63) is 48.4 Å². The number of esters is 1. The summed E-state index contributed by atoms with van der Waals surface area (Å²) >= 11 is 1.20. The van der Waals surface area contributed by atoms with Gasteiger partial charge in [0, 0.05) is 23.6 Å². The second-order valence-electron chi connectivity index (χ2n) is 7.18. The summed E-state index contributed by atoms with van der Waals surface area (Å²) in [5.41, 5.74) is 0.161. The molecule has 0 radical (unpaired) electrons. The van der Waals surface area contributed by atoms with Crippen LogP contribution >= 0.6 is 11.3 Å². The Morgan fingerprint density at radius 1 is 1.10 bits per heavy atom. The number of thiazole rings is 1. The van der Waals surface area contributed by atoms with E-state index in [4.69, 9.17) is 4.74 Å². The van der Waals surface area contributed by atoms with Crippen LogP contribution in [0.2, 0.25) is 0 Å². The van der Waals surface area contributed by atoms with Crippen molar-refractivity contribution in [1.82, 2.24) is 15.0 Å². The average Bonchev–Trinajstić information content (AvgIpc) is 3.22. The van der Waals surface area contributed by atoms with Crippen LogP contribution in [0.25, 0.3) is 10.4 Å². The van der Waals surface area contributed by atoms with Crippen LogP contribution < -0.4 is 10.1 Å². The second-order valence-corrected chi connectivity index (χ2v) is 8.17. The van der Waals surface area contributed by atoms with Crippen LogP contribution in [0, 0.1) is 5.92 Å². The number of halogens is 3. The van der Waals surface area contributed by atoms with Gasteiger partial charge in [0.2, 0.25) is 5.95 Å². The summed E-state index contributed by atoms with van der Waals surface area (Å²) in [6, 6.07) is 7.83. The minimum Gasteiger partial charge on any atom is -0.398 e. The number of nitrogens with zero attached hydrogens (tertiary/aromatic N) is 3. The SMILES string of the molecule is O=C(Oc1ncc(-c2ccccc2Nc2nccc(C(F)(F)F)n2)s1)C1CCCCC1. The molecular formula is C21H19F3N4O2S. The number of nitrogens with one attached hydrogen (secondary N) is 1. The highest BCUT2D eigenvalue weighted by Crippen LogP contribution is 2.37. The first kappa shape index (κ1) is 21.2. The van der Waals surface area contributed by atoms with Crippen molar-refractivity contribution >= 4 is 28.9 Å². The Labute approximate surface area is 180 Å². The van der Waals surface area contributed by atoms with E-state index in [0.717, 1.165) is 44.4 Å². The first-order valence-electron chi connectivity index (χ1n) is 9.84. The number of benzene rings is 1. The number of carbonyl (C=O) groups is 1. The van der Waals surface area contributed by atoms with Crippen LogP contribution in [-0.4, -0.2) is 20.9 Å². The number of hydrogen-bond donors (Lipinski definition) is 1. The van der Waals surface area contributed by atoms with E-state index in [-0.39, 0.29) is 23.0 Å². The molecule has 2 heterocycles. The van der Waals surface area contributed by atoms with Crippen molar-refractivity contribution in [1.29, 1.82) is 0 Å². The highest BCUT2D eigenvalue weighted by atomic mass is 32.1. The smallest absolute Gasteiger partial charge is 0.398 e. The van der Waals surface area contributed by atoms with Gasteiger partial charge in [0.25, 0.3) is 5.19 Å². The molecule has 6 nitrogen and oxygen atoms in total. The molecule has 1 aromatic carbocycles. The van der Waals surface area contributed by atoms with E-state index in [1.807, 2.05) is 0 Å². The van der Waals surface area contributed by atoms with E-state index in [0.29, 0.717) is 16.1 Å². The van der Waals surface area contributed by atoms with Crippen LogP contribution in [0.5, 0.6) is 5.19 Å². The first-order chi connectivity index (χ1) is 14.9. The largest absolute Gasteiger partial charge is 0.433 e. The fourth-order valence-electron chi connectivity index (χ4n) is 3.44. The van der Waals surface area contributed by atoms with Crippen molar-refractivity contribution in [3.8, 4) is 15.6 Å². The van der Waals surface area contributed by atoms with Crippen molar-refractivity contribution in [2.45, 2.75) is 38.3 Å². The molecule has 0 saturated heterocycles. The summed E-state index contributed by atoms with van der Waals surface area (Å²) in [5.74, 6) is -0.520. The van der Waals surface area contributed by atoms with Crippen LogP contribution in [0.3, 0.4) is 0 Å². The number of rotatable bonds is 5. The number of anilines is 2. The Hall–Kier alpha value is -3.01. The minimum absolute atomic E-state index is 0.0897. The summed E-state index contributed by atoms with van der Waals surface area (Å²) < 4.78 is 44.2. The van der Waals surface area contributed by atoms with Gasteiger partial charge in [-0.1, -0.05) is 48.8 Å². The molecule has 1 aliphatic rings. The lowest BCUT2D eigenvalue weighted by Gasteiger charge is -2.18. The predicted octanol–water partition coefficient (Wildman–Crippen LogP) is 5.85. The quantitative estimate of drug-likeness (QED) is 0.494. The van der Waals surface area contributed by atoms with E-state index >= 15 is 0 Å². The minimum atomic E-state index is -4.56. The zero-order valence-corrected chi connectivity index (χ0v) is 17.2. The van der Waals surface area contributed by atoms with E-state index in [1.165, 1.54) is 11.3 Å². The molecular weight excluding hydrogens is 429 g/mol. The molecule has 1 N–H and O–H groups in total. The standard InChI is InChI=1S/C21H19F3N4O2S/c22-21(23,24)17-10-11-25-19(28-17)27-15-9-5-4-8-14(15)16-12-26-20(31-16)30-18(29)13-6-2-1-3-7-13/h4-5,8-13H,1-3,6-7H2,(H,25,27,28). The van der Waals surface area contributed by atoms with Crippen LogP contribution in [0.4, 0.5) is 24.8 Å². The van der Waals surface area contributed by atoms with Gasteiger partial charge in [-0.25, -0.2) is 15.0 Å². The van der Waals surface area contributed by atoms with E-state index in [2.05, 4.69) is 20.3 Å². The Bertz CT molecular complexity index is 1060.